The summed E-state index contributed by atoms with van der Waals surface area (Å²) < 4.78 is 13.4. The highest BCUT2D eigenvalue weighted by Crippen LogP contribution is 2.14. The van der Waals surface area contributed by atoms with E-state index in [1.54, 1.807) is 30.3 Å². The summed E-state index contributed by atoms with van der Waals surface area (Å²) in [5.74, 6) is -1.49. The van der Waals surface area contributed by atoms with Crippen molar-refractivity contribution in [2.45, 2.75) is 6.42 Å². The molecular weight excluding hydrogens is 275 g/mol. The molecule has 0 spiro atoms. The van der Waals surface area contributed by atoms with E-state index in [2.05, 4.69) is 10.6 Å². The number of carbonyl (C=O) groups excluding carboxylic acids is 1. The molecule has 5 nitrogen and oxygen atoms in total. The van der Waals surface area contributed by atoms with Gasteiger partial charge in [0.25, 0.3) is 0 Å². The lowest BCUT2D eigenvalue weighted by atomic mass is 10.1. The molecule has 21 heavy (non-hydrogen) atoms. The minimum absolute atomic E-state index is 0.0664. The SMILES string of the molecule is O=C(O)Cc1cccc(NC(=O)Nc2ccccc2F)c1. The molecule has 0 aliphatic carbocycles. The molecule has 0 unspecified atom stereocenters. The van der Waals surface area contributed by atoms with E-state index in [1.165, 1.54) is 18.2 Å². The number of aliphatic carboxylic acids is 1. The maximum absolute atomic E-state index is 13.4. The largest absolute Gasteiger partial charge is 0.481 e. The van der Waals surface area contributed by atoms with Gasteiger partial charge in [-0.15, -0.1) is 0 Å². The molecule has 2 amide bonds. The first-order chi connectivity index (χ1) is 10.0. The average Bonchev–Trinajstić information content (AvgIpc) is 2.41. The van der Waals surface area contributed by atoms with Crippen molar-refractivity contribution in [1.82, 2.24) is 0 Å². The van der Waals surface area contributed by atoms with Crippen molar-refractivity contribution in [3.05, 3.63) is 59.9 Å². The first kappa shape index (κ1) is 14.5. The van der Waals surface area contributed by atoms with Crippen molar-refractivity contribution in [3.63, 3.8) is 0 Å². The second-order valence-electron chi connectivity index (χ2n) is 4.33. The molecular formula is C15H13FN2O3. The molecule has 2 aromatic rings. The first-order valence-electron chi connectivity index (χ1n) is 6.18. The molecule has 0 fully saturated rings. The topological polar surface area (TPSA) is 78.4 Å². The molecule has 3 N–H and O–H groups in total. The third kappa shape index (κ3) is 4.31. The number of para-hydroxylation sites is 1. The lowest BCUT2D eigenvalue weighted by Crippen LogP contribution is -2.20. The van der Waals surface area contributed by atoms with Gasteiger partial charge < -0.3 is 15.7 Å². The van der Waals surface area contributed by atoms with Crippen LogP contribution in [-0.2, 0) is 11.2 Å². The zero-order valence-electron chi connectivity index (χ0n) is 11.0. The lowest BCUT2D eigenvalue weighted by molar-refractivity contribution is -0.136. The molecule has 2 aromatic carbocycles. The van der Waals surface area contributed by atoms with E-state index < -0.39 is 17.8 Å². The summed E-state index contributed by atoms with van der Waals surface area (Å²) >= 11 is 0. The molecule has 108 valence electrons. The van der Waals surface area contributed by atoms with Gasteiger partial charge >= 0.3 is 12.0 Å². The summed E-state index contributed by atoms with van der Waals surface area (Å²) in [4.78, 5) is 22.4. The average molecular weight is 288 g/mol. The van der Waals surface area contributed by atoms with E-state index in [4.69, 9.17) is 5.11 Å². The number of carboxylic acids is 1. The van der Waals surface area contributed by atoms with Crippen molar-refractivity contribution in [3.8, 4) is 0 Å². The molecule has 0 aromatic heterocycles. The maximum atomic E-state index is 13.4. The number of hydrogen-bond acceptors (Lipinski definition) is 2. The van der Waals surface area contributed by atoms with E-state index >= 15 is 0 Å². The fourth-order valence-electron chi connectivity index (χ4n) is 1.78. The highest BCUT2D eigenvalue weighted by Gasteiger charge is 2.07. The van der Waals surface area contributed by atoms with Crippen molar-refractivity contribution in [2.24, 2.45) is 0 Å². The number of benzene rings is 2. The van der Waals surface area contributed by atoms with Gasteiger partial charge in [0.2, 0.25) is 0 Å². The molecule has 0 aliphatic heterocycles. The smallest absolute Gasteiger partial charge is 0.323 e. The molecule has 0 saturated heterocycles. The number of hydrogen-bond donors (Lipinski definition) is 3. The fraction of sp³-hybridized carbons (Fsp3) is 0.0667. The number of nitrogens with one attached hydrogen (secondary N) is 2. The van der Waals surface area contributed by atoms with Crippen LogP contribution in [0.4, 0.5) is 20.6 Å². The summed E-state index contributed by atoms with van der Waals surface area (Å²) in [6, 6.07) is 11.7. The van der Waals surface area contributed by atoms with Crippen LogP contribution in [-0.4, -0.2) is 17.1 Å². The van der Waals surface area contributed by atoms with Gasteiger partial charge in [0.15, 0.2) is 0 Å². The Labute approximate surface area is 120 Å². The fourth-order valence-corrected chi connectivity index (χ4v) is 1.78. The Kier molecular flexibility index (Phi) is 4.50. The van der Waals surface area contributed by atoms with Crippen LogP contribution < -0.4 is 10.6 Å². The van der Waals surface area contributed by atoms with Gasteiger partial charge in [0.05, 0.1) is 12.1 Å². The van der Waals surface area contributed by atoms with Gasteiger partial charge in [-0.3, -0.25) is 4.79 Å². The van der Waals surface area contributed by atoms with Crippen LogP contribution in [0.1, 0.15) is 5.56 Å². The standard InChI is InChI=1S/C15H13FN2O3/c16-12-6-1-2-7-13(12)18-15(21)17-11-5-3-4-10(8-11)9-14(19)20/h1-8H,9H2,(H,19,20)(H2,17,18,21). The van der Waals surface area contributed by atoms with Crippen LogP contribution in [0, 0.1) is 5.82 Å². The Bertz CT molecular complexity index is 673. The second-order valence-corrected chi connectivity index (χ2v) is 4.33. The Morgan fingerprint density at radius 3 is 2.52 bits per heavy atom. The number of amides is 2. The number of carboxylic acid groups (broad SMARTS) is 1. The maximum Gasteiger partial charge on any atom is 0.323 e. The van der Waals surface area contributed by atoms with Crippen LogP contribution in [0.2, 0.25) is 0 Å². The number of rotatable bonds is 4. The highest BCUT2D eigenvalue weighted by molar-refractivity contribution is 5.99. The van der Waals surface area contributed by atoms with Crippen LogP contribution in [0.5, 0.6) is 0 Å². The Morgan fingerprint density at radius 2 is 1.81 bits per heavy atom. The summed E-state index contributed by atoms with van der Waals surface area (Å²) in [5, 5.41) is 13.6. The molecule has 0 radical (unpaired) electrons. The van der Waals surface area contributed by atoms with Crippen molar-refractivity contribution in [1.29, 1.82) is 0 Å². The zero-order valence-corrected chi connectivity index (χ0v) is 11.0. The summed E-state index contributed by atoms with van der Waals surface area (Å²) in [6.07, 6.45) is -0.134. The van der Waals surface area contributed by atoms with Crippen molar-refractivity contribution >= 4 is 23.4 Å². The molecule has 6 heteroatoms. The van der Waals surface area contributed by atoms with Gasteiger partial charge in [-0.2, -0.15) is 0 Å². The monoisotopic (exact) mass is 288 g/mol. The molecule has 0 heterocycles. The van der Waals surface area contributed by atoms with Gasteiger partial charge in [0, 0.05) is 5.69 Å². The lowest BCUT2D eigenvalue weighted by Gasteiger charge is -2.09. The second kappa shape index (κ2) is 6.51. The summed E-state index contributed by atoms with van der Waals surface area (Å²) in [6.45, 7) is 0. The molecule has 0 bridgehead atoms. The normalized spacial score (nSPS) is 9.95. The first-order valence-corrected chi connectivity index (χ1v) is 6.18. The Hall–Kier alpha value is -2.89. The van der Waals surface area contributed by atoms with Crippen LogP contribution in [0.25, 0.3) is 0 Å². The molecule has 0 aliphatic rings. The number of halogens is 1. The quantitative estimate of drug-likeness (QED) is 0.809. The number of anilines is 2. The predicted octanol–water partition coefficient (Wildman–Crippen LogP) is 3.10. The van der Waals surface area contributed by atoms with Crippen molar-refractivity contribution < 1.29 is 19.1 Å². The summed E-state index contributed by atoms with van der Waals surface area (Å²) in [5.41, 5.74) is 1.06. The minimum atomic E-state index is -0.956. The number of urea groups is 1. The van der Waals surface area contributed by atoms with Gasteiger partial charge in [-0.25, -0.2) is 9.18 Å². The van der Waals surface area contributed by atoms with Crippen LogP contribution in [0.15, 0.2) is 48.5 Å². The molecule has 0 saturated carbocycles. The molecule has 0 atom stereocenters. The van der Waals surface area contributed by atoms with Crippen LogP contribution >= 0.6 is 0 Å². The van der Waals surface area contributed by atoms with E-state index in [-0.39, 0.29) is 12.1 Å². The van der Waals surface area contributed by atoms with Crippen LogP contribution in [0.3, 0.4) is 0 Å². The minimum Gasteiger partial charge on any atom is -0.481 e. The highest BCUT2D eigenvalue weighted by atomic mass is 19.1. The predicted molar refractivity (Wildman–Crippen MR) is 76.8 cm³/mol. The third-order valence-electron chi connectivity index (χ3n) is 2.66. The molecule has 2 rings (SSSR count). The Balaban J connectivity index is 2.03. The van der Waals surface area contributed by atoms with E-state index in [0.717, 1.165) is 0 Å². The van der Waals surface area contributed by atoms with E-state index in [0.29, 0.717) is 11.3 Å². The van der Waals surface area contributed by atoms with Crippen molar-refractivity contribution in [2.75, 3.05) is 10.6 Å². The van der Waals surface area contributed by atoms with Gasteiger partial charge in [-0.1, -0.05) is 24.3 Å². The summed E-state index contributed by atoms with van der Waals surface area (Å²) in [7, 11) is 0. The van der Waals surface area contributed by atoms with Gasteiger partial charge in [-0.05, 0) is 29.8 Å². The van der Waals surface area contributed by atoms with Gasteiger partial charge in [0.1, 0.15) is 5.82 Å². The third-order valence-corrected chi connectivity index (χ3v) is 2.66. The Morgan fingerprint density at radius 1 is 1.05 bits per heavy atom. The van der Waals surface area contributed by atoms with E-state index in [9.17, 15) is 14.0 Å². The van der Waals surface area contributed by atoms with E-state index in [1.807, 2.05) is 0 Å². The zero-order chi connectivity index (χ0) is 15.2. The number of carbonyl (C=O) groups is 2.